The smallest absolute Gasteiger partial charge is 0.244 e. The van der Waals surface area contributed by atoms with Gasteiger partial charge in [0.05, 0.1) is 18.2 Å². The molecule has 172 valence electrons. The van der Waals surface area contributed by atoms with Crippen molar-refractivity contribution in [1.82, 2.24) is 30.5 Å². The van der Waals surface area contributed by atoms with Crippen molar-refractivity contribution >= 4 is 40.7 Å². The number of Topliss-reactive ketones (excluding diaryl/α,β-unsaturated/α-hetero) is 1. The van der Waals surface area contributed by atoms with Crippen molar-refractivity contribution in [1.29, 1.82) is 0 Å². The number of rotatable bonds is 9. The topological polar surface area (TPSA) is 103 Å². The number of aryl methyl sites for hydroxylation is 1. The van der Waals surface area contributed by atoms with E-state index in [1.54, 1.807) is 30.5 Å². The third-order valence-electron chi connectivity index (χ3n) is 4.98. The molecule has 8 nitrogen and oxygen atoms in total. The molecule has 1 atom stereocenters. The highest BCUT2D eigenvalue weighted by molar-refractivity contribution is 7.11. The molecule has 0 fully saturated rings. The monoisotopic (exact) mass is 492 g/mol. The maximum absolute atomic E-state index is 13.1. The van der Waals surface area contributed by atoms with Crippen LogP contribution in [0.15, 0.2) is 67.1 Å². The zero-order valence-electron chi connectivity index (χ0n) is 18.3. The Kier molecular flexibility index (Phi) is 7.56. The number of halogens is 1. The maximum Gasteiger partial charge on any atom is 0.244 e. The van der Waals surface area contributed by atoms with E-state index in [2.05, 4.69) is 25.8 Å². The summed E-state index contributed by atoms with van der Waals surface area (Å²) >= 11 is 7.62. The van der Waals surface area contributed by atoms with Crippen LogP contribution in [0.25, 0.3) is 11.8 Å². The molecule has 2 aromatic heterocycles. The molecule has 1 N–H and O–H groups in total. The predicted octanol–water partition coefficient (Wildman–Crippen LogP) is 3.63. The highest BCUT2D eigenvalue weighted by Crippen LogP contribution is 2.20. The Bertz CT molecular complexity index is 1300. The quantitative estimate of drug-likeness (QED) is 0.358. The van der Waals surface area contributed by atoms with Crippen LogP contribution in [-0.2, 0) is 22.4 Å². The number of hydrogen-bond donors (Lipinski definition) is 1. The molecule has 0 saturated heterocycles. The molecular formula is C24H21ClN6O2S. The number of aromatic nitrogens is 5. The minimum atomic E-state index is -0.692. The second-order valence-electron chi connectivity index (χ2n) is 7.55. The van der Waals surface area contributed by atoms with Crippen LogP contribution in [-0.4, -0.2) is 42.9 Å². The van der Waals surface area contributed by atoms with E-state index in [0.29, 0.717) is 22.7 Å². The van der Waals surface area contributed by atoms with E-state index in [4.69, 9.17) is 11.6 Å². The number of nitrogens with zero attached hydrogens (tertiary/aromatic N) is 5. The molecule has 1 amide bonds. The summed E-state index contributed by atoms with van der Waals surface area (Å²) in [6, 6.07) is 14.1. The Hall–Kier alpha value is -3.69. The van der Waals surface area contributed by atoms with Crippen molar-refractivity contribution in [2.75, 3.05) is 0 Å². The molecule has 0 spiro atoms. The van der Waals surface area contributed by atoms with Crippen molar-refractivity contribution in [3.63, 3.8) is 0 Å². The summed E-state index contributed by atoms with van der Waals surface area (Å²) in [5.41, 5.74) is 2.27. The van der Waals surface area contributed by atoms with Crippen LogP contribution in [0.1, 0.15) is 21.0 Å². The largest absolute Gasteiger partial charge is 0.342 e. The van der Waals surface area contributed by atoms with Gasteiger partial charge in [-0.05, 0) is 53.6 Å². The molecule has 4 aromatic rings. The number of nitrogens with one attached hydrogen (secondary N) is 1. The Morgan fingerprint density at radius 3 is 2.74 bits per heavy atom. The van der Waals surface area contributed by atoms with E-state index in [1.165, 1.54) is 28.4 Å². The molecule has 2 heterocycles. The number of ketones is 1. The van der Waals surface area contributed by atoms with Gasteiger partial charge in [0.1, 0.15) is 11.3 Å². The van der Waals surface area contributed by atoms with Gasteiger partial charge in [0.25, 0.3) is 0 Å². The molecule has 34 heavy (non-hydrogen) atoms. The van der Waals surface area contributed by atoms with Gasteiger partial charge < -0.3 is 5.32 Å². The lowest BCUT2D eigenvalue weighted by Gasteiger charge is -2.16. The van der Waals surface area contributed by atoms with Crippen molar-refractivity contribution < 1.29 is 9.59 Å². The average molecular weight is 493 g/mol. The van der Waals surface area contributed by atoms with Gasteiger partial charge in [-0.3, -0.25) is 9.59 Å². The Morgan fingerprint density at radius 2 is 2.03 bits per heavy atom. The van der Waals surface area contributed by atoms with Gasteiger partial charge in [-0.15, -0.1) is 16.4 Å². The van der Waals surface area contributed by atoms with Gasteiger partial charge in [0, 0.05) is 27.7 Å². The molecule has 0 aliphatic rings. The average Bonchev–Trinajstić information content (AvgIpc) is 3.50. The van der Waals surface area contributed by atoms with E-state index in [1.807, 2.05) is 37.3 Å². The number of carbonyl (C=O) groups is 2. The third kappa shape index (κ3) is 6.21. The Balaban J connectivity index is 1.52. The first-order valence-corrected chi connectivity index (χ1v) is 11.7. The van der Waals surface area contributed by atoms with E-state index in [-0.39, 0.29) is 12.2 Å². The predicted molar refractivity (Wildman–Crippen MR) is 131 cm³/mol. The summed E-state index contributed by atoms with van der Waals surface area (Å²) in [6.07, 6.45) is 6.74. The van der Waals surface area contributed by atoms with Crippen LogP contribution in [0.5, 0.6) is 0 Å². The van der Waals surface area contributed by atoms with Gasteiger partial charge in [-0.1, -0.05) is 41.9 Å². The van der Waals surface area contributed by atoms with Crippen LogP contribution >= 0.6 is 22.9 Å². The lowest BCUT2D eigenvalue weighted by molar-refractivity contribution is -0.125. The van der Waals surface area contributed by atoms with E-state index < -0.39 is 11.9 Å². The second-order valence-corrected chi connectivity index (χ2v) is 9.31. The van der Waals surface area contributed by atoms with Crippen molar-refractivity contribution in [3.8, 4) is 5.69 Å². The molecule has 0 aliphatic heterocycles. The van der Waals surface area contributed by atoms with Crippen LogP contribution in [0.2, 0.25) is 5.02 Å². The van der Waals surface area contributed by atoms with Gasteiger partial charge in [-0.2, -0.15) is 4.68 Å². The number of amides is 1. The van der Waals surface area contributed by atoms with E-state index in [0.717, 1.165) is 15.4 Å². The van der Waals surface area contributed by atoms with E-state index in [9.17, 15) is 9.59 Å². The summed E-state index contributed by atoms with van der Waals surface area (Å²) in [5, 5.41) is 15.3. The summed E-state index contributed by atoms with van der Waals surface area (Å²) in [6.45, 7) is 1.94. The highest BCUT2D eigenvalue weighted by Gasteiger charge is 2.22. The third-order valence-corrected chi connectivity index (χ3v) is 6.13. The molecule has 0 unspecified atom stereocenters. The molecule has 2 aromatic carbocycles. The lowest BCUT2D eigenvalue weighted by Crippen LogP contribution is -2.42. The fourth-order valence-corrected chi connectivity index (χ4v) is 4.35. The number of carbonyl (C=O) groups excluding carboxylic acids is 2. The van der Waals surface area contributed by atoms with Crippen LogP contribution in [0.4, 0.5) is 0 Å². The normalized spacial score (nSPS) is 12.1. The molecule has 0 radical (unpaired) electrons. The minimum Gasteiger partial charge on any atom is -0.342 e. The lowest BCUT2D eigenvalue weighted by atomic mass is 10.0. The Morgan fingerprint density at radius 1 is 1.21 bits per heavy atom. The first kappa shape index (κ1) is 23.5. The van der Waals surface area contributed by atoms with Crippen LogP contribution in [0, 0.1) is 6.92 Å². The van der Waals surface area contributed by atoms with Crippen molar-refractivity contribution in [2.45, 2.75) is 25.8 Å². The molecule has 0 aliphatic carbocycles. The first-order valence-electron chi connectivity index (χ1n) is 10.5. The summed E-state index contributed by atoms with van der Waals surface area (Å²) in [5.74, 6) is -0.496. The number of thiazole rings is 1. The number of tetrazole rings is 1. The molecular weight excluding hydrogens is 472 g/mol. The van der Waals surface area contributed by atoms with Crippen molar-refractivity contribution in [3.05, 3.63) is 93.2 Å². The van der Waals surface area contributed by atoms with Gasteiger partial charge in [-0.25, -0.2) is 4.98 Å². The molecule has 0 bridgehead atoms. The van der Waals surface area contributed by atoms with Crippen molar-refractivity contribution in [2.24, 2.45) is 0 Å². The number of benzene rings is 2. The fraction of sp³-hybridized carbons (Fsp3) is 0.167. The summed E-state index contributed by atoms with van der Waals surface area (Å²) < 4.78 is 1.48. The first-order chi connectivity index (χ1) is 16.5. The SMILES string of the molecule is Cc1cnc(CC(=O)[C@H](Cc2ccccc2)NC(=O)/C=C/c2cc(Cl)ccc2-n2cnnn2)s1. The van der Waals surface area contributed by atoms with Crippen LogP contribution < -0.4 is 5.32 Å². The molecule has 10 heteroatoms. The van der Waals surface area contributed by atoms with Gasteiger partial charge in [0.2, 0.25) is 5.91 Å². The molecule has 4 rings (SSSR count). The van der Waals surface area contributed by atoms with Crippen LogP contribution in [0.3, 0.4) is 0 Å². The fourth-order valence-electron chi connectivity index (χ4n) is 3.38. The second kappa shape index (κ2) is 11.0. The number of hydrogen-bond acceptors (Lipinski definition) is 7. The standard InChI is InChI=1S/C24H21ClN6O2S/c1-16-14-26-24(34-16)13-22(32)20(11-17-5-3-2-4-6-17)28-23(33)10-7-18-12-19(25)8-9-21(18)31-15-27-29-30-31/h2-10,12,14-15,20H,11,13H2,1H3,(H,28,33)/b10-7+/t20-/m0/s1. The van der Waals surface area contributed by atoms with Gasteiger partial charge in [0.15, 0.2) is 5.78 Å². The maximum atomic E-state index is 13.1. The summed E-state index contributed by atoms with van der Waals surface area (Å²) in [7, 11) is 0. The zero-order valence-corrected chi connectivity index (χ0v) is 19.8. The van der Waals surface area contributed by atoms with Gasteiger partial charge >= 0.3 is 0 Å². The Labute approximate surface area is 205 Å². The molecule has 0 saturated carbocycles. The zero-order chi connectivity index (χ0) is 23.9. The summed E-state index contributed by atoms with van der Waals surface area (Å²) in [4.78, 5) is 31.2. The minimum absolute atomic E-state index is 0.0999. The van der Waals surface area contributed by atoms with E-state index >= 15 is 0 Å². The highest BCUT2D eigenvalue weighted by atomic mass is 35.5.